The minimum Gasteiger partial charge on any atom is -0.310 e. The first kappa shape index (κ1) is 17.1. The number of pyridine rings is 1. The molecular weight excluding hydrogens is 324 g/mol. The standard InChI is InChI=1S/C19H19F2N3O/c1-2-3-4-8-17(25)23-19-18(14-12-13(20)9-10-15(14)21)22-16-7-5-6-11-24(16)19/h5-7,9-12H,2-4,8H2,1H3,(H,23,25). The van der Waals surface area contributed by atoms with Crippen LogP contribution >= 0.6 is 0 Å². The SMILES string of the molecule is CCCCCC(=O)Nc1c(-c2cc(F)ccc2F)nc2ccccn12. The summed E-state index contributed by atoms with van der Waals surface area (Å²) in [5, 5.41) is 2.81. The van der Waals surface area contributed by atoms with Crippen molar-refractivity contribution < 1.29 is 13.6 Å². The number of hydrogen-bond acceptors (Lipinski definition) is 2. The summed E-state index contributed by atoms with van der Waals surface area (Å²) in [6, 6.07) is 8.52. The van der Waals surface area contributed by atoms with E-state index in [1.807, 2.05) is 0 Å². The molecule has 4 nitrogen and oxygen atoms in total. The lowest BCUT2D eigenvalue weighted by atomic mass is 10.1. The molecule has 0 atom stereocenters. The van der Waals surface area contributed by atoms with Crippen LogP contribution in [0.5, 0.6) is 0 Å². The maximum atomic E-state index is 14.2. The molecular formula is C19H19F2N3O. The number of imidazole rings is 1. The van der Waals surface area contributed by atoms with Crippen LogP contribution in [0.3, 0.4) is 0 Å². The number of carbonyl (C=O) groups is 1. The zero-order valence-electron chi connectivity index (χ0n) is 13.9. The predicted octanol–water partition coefficient (Wildman–Crippen LogP) is 4.80. The van der Waals surface area contributed by atoms with Gasteiger partial charge in [0.15, 0.2) is 0 Å². The zero-order valence-corrected chi connectivity index (χ0v) is 13.9. The van der Waals surface area contributed by atoms with Crippen molar-refractivity contribution in [3.05, 3.63) is 54.2 Å². The average molecular weight is 343 g/mol. The molecule has 6 heteroatoms. The molecule has 0 saturated carbocycles. The zero-order chi connectivity index (χ0) is 17.8. The molecule has 1 N–H and O–H groups in total. The van der Waals surface area contributed by atoms with Crippen LogP contribution in [0.15, 0.2) is 42.6 Å². The summed E-state index contributed by atoms with van der Waals surface area (Å²) in [5.74, 6) is -0.973. The fourth-order valence-corrected chi connectivity index (χ4v) is 2.71. The molecule has 0 aliphatic heterocycles. The van der Waals surface area contributed by atoms with Gasteiger partial charge in [-0.05, 0) is 36.8 Å². The predicted molar refractivity (Wildman–Crippen MR) is 93.3 cm³/mol. The molecule has 0 saturated heterocycles. The van der Waals surface area contributed by atoms with Gasteiger partial charge in [-0.25, -0.2) is 13.8 Å². The second-order valence-electron chi connectivity index (χ2n) is 5.87. The fourth-order valence-electron chi connectivity index (χ4n) is 2.71. The van der Waals surface area contributed by atoms with E-state index < -0.39 is 11.6 Å². The topological polar surface area (TPSA) is 46.4 Å². The number of unbranched alkanes of at least 4 members (excludes halogenated alkanes) is 2. The summed E-state index contributed by atoms with van der Waals surface area (Å²) >= 11 is 0. The van der Waals surface area contributed by atoms with Gasteiger partial charge in [-0.2, -0.15) is 0 Å². The van der Waals surface area contributed by atoms with Crippen molar-refractivity contribution >= 4 is 17.4 Å². The van der Waals surface area contributed by atoms with Gasteiger partial charge in [0.2, 0.25) is 5.91 Å². The molecule has 130 valence electrons. The van der Waals surface area contributed by atoms with Crippen LogP contribution in [-0.2, 0) is 4.79 Å². The fraction of sp³-hybridized carbons (Fsp3) is 0.263. The molecule has 0 aliphatic carbocycles. The quantitative estimate of drug-likeness (QED) is 0.654. The first-order chi connectivity index (χ1) is 12.1. The molecule has 1 amide bonds. The first-order valence-corrected chi connectivity index (χ1v) is 8.32. The molecule has 0 fully saturated rings. The molecule has 1 aromatic carbocycles. The summed E-state index contributed by atoms with van der Waals surface area (Å²) in [7, 11) is 0. The number of anilines is 1. The second-order valence-corrected chi connectivity index (χ2v) is 5.87. The van der Waals surface area contributed by atoms with Crippen molar-refractivity contribution in [3.8, 4) is 11.3 Å². The Morgan fingerprint density at radius 3 is 2.84 bits per heavy atom. The van der Waals surface area contributed by atoms with Gasteiger partial charge in [-0.15, -0.1) is 0 Å². The van der Waals surface area contributed by atoms with Gasteiger partial charge in [0, 0.05) is 18.2 Å². The van der Waals surface area contributed by atoms with E-state index in [0.717, 1.165) is 37.5 Å². The largest absolute Gasteiger partial charge is 0.310 e. The van der Waals surface area contributed by atoms with Crippen LogP contribution in [-0.4, -0.2) is 15.3 Å². The molecule has 0 aliphatic rings. The Labute approximate surface area is 144 Å². The molecule has 3 rings (SSSR count). The molecule has 3 aromatic rings. The summed E-state index contributed by atoms with van der Waals surface area (Å²) in [6.45, 7) is 2.06. The second kappa shape index (κ2) is 7.42. The molecule has 0 spiro atoms. The van der Waals surface area contributed by atoms with Crippen LogP contribution in [0.25, 0.3) is 16.9 Å². The smallest absolute Gasteiger partial charge is 0.225 e. The highest BCUT2D eigenvalue weighted by Crippen LogP contribution is 2.31. The lowest BCUT2D eigenvalue weighted by Gasteiger charge is -2.08. The number of aromatic nitrogens is 2. The average Bonchev–Trinajstić information content (AvgIpc) is 2.96. The number of amides is 1. The van der Waals surface area contributed by atoms with Crippen molar-refractivity contribution in [1.82, 2.24) is 9.38 Å². The molecule has 0 radical (unpaired) electrons. The van der Waals surface area contributed by atoms with Crippen LogP contribution in [0.1, 0.15) is 32.6 Å². The van der Waals surface area contributed by atoms with E-state index in [0.29, 0.717) is 17.9 Å². The lowest BCUT2D eigenvalue weighted by molar-refractivity contribution is -0.116. The van der Waals surface area contributed by atoms with E-state index >= 15 is 0 Å². The van der Waals surface area contributed by atoms with E-state index in [4.69, 9.17) is 0 Å². The maximum absolute atomic E-state index is 14.2. The Balaban J connectivity index is 2.03. The number of halogens is 2. The monoisotopic (exact) mass is 343 g/mol. The summed E-state index contributed by atoms with van der Waals surface area (Å²) in [5.41, 5.74) is 0.782. The van der Waals surface area contributed by atoms with Crippen molar-refractivity contribution in [2.45, 2.75) is 32.6 Å². The Morgan fingerprint density at radius 2 is 2.04 bits per heavy atom. The molecule has 0 unspecified atom stereocenters. The summed E-state index contributed by atoms with van der Waals surface area (Å²) in [4.78, 5) is 16.6. The molecule has 25 heavy (non-hydrogen) atoms. The van der Waals surface area contributed by atoms with Crippen molar-refractivity contribution in [1.29, 1.82) is 0 Å². The normalized spacial score (nSPS) is 11.0. The highest BCUT2D eigenvalue weighted by molar-refractivity contribution is 5.94. The van der Waals surface area contributed by atoms with Crippen molar-refractivity contribution in [2.24, 2.45) is 0 Å². The Hall–Kier alpha value is -2.76. The van der Waals surface area contributed by atoms with E-state index in [9.17, 15) is 13.6 Å². The highest BCUT2D eigenvalue weighted by atomic mass is 19.1. The molecule has 0 bridgehead atoms. The minimum atomic E-state index is -0.591. The van der Waals surface area contributed by atoms with E-state index in [2.05, 4.69) is 17.2 Å². The van der Waals surface area contributed by atoms with Gasteiger partial charge < -0.3 is 5.32 Å². The number of nitrogens with one attached hydrogen (secondary N) is 1. The highest BCUT2D eigenvalue weighted by Gasteiger charge is 2.19. The number of rotatable bonds is 6. The maximum Gasteiger partial charge on any atom is 0.225 e. The number of nitrogens with zero attached hydrogens (tertiary/aromatic N) is 2. The van der Waals surface area contributed by atoms with Gasteiger partial charge in [0.1, 0.15) is 28.8 Å². The van der Waals surface area contributed by atoms with Crippen molar-refractivity contribution in [2.75, 3.05) is 5.32 Å². The van der Waals surface area contributed by atoms with Crippen molar-refractivity contribution in [3.63, 3.8) is 0 Å². The van der Waals surface area contributed by atoms with E-state index in [-0.39, 0.29) is 17.2 Å². The van der Waals surface area contributed by atoms with E-state index in [1.165, 1.54) is 0 Å². The summed E-state index contributed by atoms with van der Waals surface area (Å²) in [6.07, 6.45) is 4.86. The van der Waals surface area contributed by atoms with Crippen LogP contribution in [0.2, 0.25) is 0 Å². The van der Waals surface area contributed by atoms with Gasteiger partial charge in [0.25, 0.3) is 0 Å². The Bertz CT molecular complexity index is 905. The third-order valence-corrected chi connectivity index (χ3v) is 3.98. The van der Waals surface area contributed by atoms with Gasteiger partial charge in [0.05, 0.1) is 0 Å². The third kappa shape index (κ3) is 3.68. The van der Waals surface area contributed by atoms with Gasteiger partial charge in [-0.1, -0.05) is 25.8 Å². The third-order valence-electron chi connectivity index (χ3n) is 3.98. The number of fused-ring (bicyclic) bond motifs is 1. The number of benzene rings is 1. The number of hydrogen-bond donors (Lipinski definition) is 1. The van der Waals surface area contributed by atoms with Gasteiger partial charge >= 0.3 is 0 Å². The first-order valence-electron chi connectivity index (χ1n) is 8.32. The molecule has 2 heterocycles. The van der Waals surface area contributed by atoms with Crippen LogP contribution in [0.4, 0.5) is 14.6 Å². The lowest BCUT2D eigenvalue weighted by Crippen LogP contribution is -2.13. The van der Waals surface area contributed by atoms with Crippen LogP contribution in [0, 0.1) is 11.6 Å². The summed E-state index contributed by atoms with van der Waals surface area (Å²) < 4.78 is 29.5. The van der Waals surface area contributed by atoms with Gasteiger partial charge in [-0.3, -0.25) is 9.20 Å². The molecule has 2 aromatic heterocycles. The minimum absolute atomic E-state index is 0.0209. The van der Waals surface area contributed by atoms with E-state index in [1.54, 1.807) is 28.8 Å². The Kier molecular flexibility index (Phi) is 5.07. The Morgan fingerprint density at radius 1 is 1.20 bits per heavy atom. The number of carbonyl (C=O) groups excluding carboxylic acids is 1. The van der Waals surface area contributed by atoms with Crippen LogP contribution < -0.4 is 5.32 Å².